The number of Topliss-reactive ketones (excluding diaryl/α,β-unsaturated/α-hetero) is 1. The molecule has 6 rings (SSSR count). The van der Waals surface area contributed by atoms with Crippen LogP contribution in [-0.2, 0) is 16.0 Å². The van der Waals surface area contributed by atoms with Crippen LogP contribution in [0.4, 0.5) is 5.13 Å². The average Bonchev–Trinajstić information content (AvgIpc) is 3.61. The van der Waals surface area contributed by atoms with E-state index in [1.54, 1.807) is 36.4 Å². The lowest BCUT2D eigenvalue weighted by molar-refractivity contribution is -0.132. The minimum atomic E-state index is -0.883. The number of benzene rings is 3. The number of carbonyl (C=O) groups is 2. The van der Waals surface area contributed by atoms with Gasteiger partial charge in [0.2, 0.25) is 0 Å². The van der Waals surface area contributed by atoms with Gasteiger partial charge in [-0.15, -0.1) is 0 Å². The molecule has 2 atom stereocenters. The molecule has 0 saturated carbocycles. The molecule has 8 nitrogen and oxygen atoms in total. The number of carbonyl (C=O) groups excluding carboxylic acids is 2. The summed E-state index contributed by atoms with van der Waals surface area (Å²) in [5, 5.41) is 11.9. The maximum atomic E-state index is 13.6. The van der Waals surface area contributed by atoms with Crippen LogP contribution in [0.5, 0.6) is 17.2 Å². The van der Waals surface area contributed by atoms with Gasteiger partial charge in [-0.2, -0.15) is 0 Å². The van der Waals surface area contributed by atoms with Gasteiger partial charge in [0.15, 0.2) is 5.13 Å². The van der Waals surface area contributed by atoms with Crippen molar-refractivity contribution in [2.75, 3.05) is 18.1 Å². The van der Waals surface area contributed by atoms with Gasteiger partial charge in [0.25, 0.3) is 5.78 Å². The second-order valence-corrected chi connectivity index (χ2v) is 10.7. The third-order valence-electron chi connectivity index (χ3n) is 6.99. The molecule has 1 fully saturated rings. The summed E-state index contributed by atoms with van der Waals surface area (Å²) in [7, 11) is 0. The lowest BCUT2D eigenvalue weighted by atomic mass is 9.94. The molecular formula is C31H28N2O6S. The molecule has 40 heavy (non-hydrogen) atoms. The van der Waals surface area contributed by atoms with Crippen LogP contribution in [0.15, 0.2) is 66.2 Å². The molecule has 3 heterocycles. The van der Waals surface area contributed by atoms with Crippen molar-refractivity contribution in [1.29, 1.82) is 0 Å². The normalized spacial score (nSPS) is 19.6. The zero-order valence-electron chi connectivity index (χ0n) is 22.3. The quantitative estimate of drug-likeness (QED) is 0.168. The minimum absolute atomic E-state index is 0.00957. The third-order valence-corrected chi connectivity index (χ3v) is 8.00. The fourth-order valence-electron chi connectivity index (χ4n) is 5.24. The van der Waals surface area contributed by atoms with Gasteiger partial charge in [-0.25, -0.2) is 4.98 Å². The third kappa shape index (κ3) is 4.46. The monoisotopic (exact) mass is 556 g/mol. The standard InChI is InChI=1S/C31H28N2O6S/c1-4-37-21-9-6-18(7-10-21)27-26(28(34)19-8-13-24-20(15-19)14-17(3)39-24)29(35)30(36)33(27)31-32-23-12-11-22(38-5-2)16-25(23)40-31/h6-13,15-17,27,34H,4-5,14H2,1-3H3. The molecule has 1 saturated heterocycles. The number of rotatable bonds is 7. The molecule has 0 aliphatic carbocycles. The molecule has 2 aliphatic rings. The van der Waals surface area contributed by atoms with Crippen molar-refractivity contribution in [1.82, 2.24) is 4.98 Å². The Labute approximate surface area is 235 Å². The van der Waals surface area contributed by atoms with Crippen molar-refractivity contribution in [3.63, 3.8) is 0 Å². The van der Waals surface area contributed by atoms with Gasteiger partial charge in [0.05, 0.1) is 35.0 Å². The molecule has 2 aliphatic heterocycles. The highest BCUT2D eigenvalue weighted by atomic mass is 32.1. The van der Waals surface area contributed by atoms with Crippen molar-refractivity contribution in [2.24, 2.45) is 0 Å². The maximum absolute atomic E-state index is 13.6. The first-order valence-corrected chi connectivity index (χ1v) is 14.1. The summed E-state index contributed by atoms with van der Waals surface area (Å²) in [5.74, 6) is 0.373. The van der Waals surface area contributed by atoms with Crippen LogP contribution in [0.25, 0.3) is 16.0 Å². The lowest BCUT2D eigenvalue weighted by Crippen LogP contribution is -2.29. The fourth-order valence-corrected chi connectivity index (χ4v) is 6.26. The number of ether oxygens (including phenoxy) is 3. The van der Waals surface area contributed by atoms with Crippen LogP contribution in [0, 0.1) is 0 Å². The number of hydrogen-bond donors (Lipinski definition) is 1. The van der Waals surface area contributed by atoms with Gasteiger partial charge < -0.3 is 19.3 Å². The Balaban J connectivity index is 1.49. The van der Waals surface area contributed by atoms with Crippen LogP contribution < -0.4 is 19.1 Å². The van der Waals surface area contributed by atoms with Crippen LogP contribution in [-0.4, -0.2) is 41.1 Å². The number of aliphatic hydroxyl groups is 1. The Morgan fingerprint density at radius 3 is 2.50 bits per heavy atom. The number of ketones is 1. The number of anilines is 1. The Morgan fingerprint density at radius 1 is 1.02 bits per heavy atom. The molecule has 204 valence electrons. The number of hydrogen-bond acceptors (Lipinski definition) is 8. The number of nitrogens with zero attached hydrogens (tertiary/aromatic N) is 2. The van der Waals surface area contributed by atoms with Crippen molar-refractivity contribution in [3.05, 3.63) is 82.9 Å². The van der Waals surface area contributed by atoms with E-state index in [-0.39, 0.29) is 17.4 Å². The van der Waals surface area contributed by atoms with Crippen LogP contribution >= 0.6 is 11.3 Å². The molecule has 1 aromatic heterocycles. The molecule has 0 radical (unpaired) electrons. The van der Waals surface area contributed by atoms with Gasteiger partial charge in [-0.1, -0.05) is 23.5 Å². The van der Waals surface area contributed by atoms with Crippen molar-refractivity contribution >= 4 is 44.1 Å². The largest absolute Gasteiger partial charge is 0.507 e. The first-order valence-electron chi connectivity index (χ1n) is 13.2. The van der Waals surface area contributed by atoms with E-state index in [2.05, 4.69) is 0 Å². The highest BCUT2D eigenvalue weighted by molar-refractivity contribution is 7.22. The summed E-state index contributed by atoms with van der Waals surface area (Å²) < 4.78 is 17.8. The zero-order valence-corrected chi connectivity index (χ0v) is 23.2. The first-order chi connectivity index (χ1) is 19.4. The predicted octanol–water partition coefficient (Wildman–Crippen LogP) is 6.04. The number of fused-ring (bicyclic) bond motifs is 2. The second-order valence-electron chi connectivity index (χ2n) is 9.69. The van der Waals surface area contributed by atoms with E-state index in [9.17, 15) is 14.7 Å². The molecule has 3 aromatic carbocycles. The molecule has 0 bridgehead atoms. The lowest BCUT2D eigenvalue weighted by Gasteiger charge is -2.23. The van der Waals surface area contributed by atoms with E-state index in [0.29, 0.717) is 52.9 Å². The van der Waals surface area contributed by atoms with E-state index in [1.807, 2.05) is 45.0 Å². The maximum Gasteiger partial charge on any atom is 0.301 e. The summed E-state index contributed by atoms with van der Waals surface area (Å²) in [4.78, 5) is 33.3. The Bertz CT molecular complexity index is 1660. The summed E-state index contributed by atoms with van der Waals surface area (Å²) in [6, 6.07) is 17.2. The topological polar surface area (TPSA) is 98.2 Å². The average molecular weight is 557 g/mol. The van der Waals surface area contributed by atoms with Gasteiger partial charge >= 0.3 is 5.91 Å². The van der Waals surface area contributed by atoms with Crippen molar-refractivity contribution < 1.29 is 28.9 Å². The molecule has 1 N–H and O–H groups in total. The molecule has 4 aromatic rings. The molecule has 2 unspecified atom stereocenters. The minimum Gasteiger partial charge on any atom is -0.507 e. The Hall–Kier alpha value is -4.37. The van der Waals surface area contributed by atoms with Crippen LogP contribution in [0.2, 0.25) is 0 Å². The molecule has 1 amide bonds. The Kier molecular flexibility index (Phi) is 6.67. The van der Waals surface area contributed by atoms with Crippen molar-refractivity contribution in [3.8, 4) is 17.2 Å². The van der Waals surface area contributed by atoms with Crippen LogP contribution in [0.3, 0.4) is 0 Å². The number of amides is 1. The van der Waals surface area contributed by atoms with E-state index in [0.717, 1.165) is 16.0 Å². The zero-order chi connectivity index (χ0) is 28.0. The number of aromatic nitrogens is 1. The molecular weight excluding hydrogens is 528 g/mol. The van der Waals surface area contributed by atoms with Gasteiger partial charge in [0.1, 0.15) is 29.1 Å². The number of aliphatic hydroxyl groups excluding tert-OH is 1. The van der Waals surface area contributed by atoms with E-state index >= 15 is 0 Å². The molecule has 0 spiro atoms. The van der Waals surface area contributed by atoms with Crippen LogP contribution in [0.1, 0.15) is 43.5 Å². The second kappa shape index (κ2) is 10.3. The van der Waals surface area contributed by atoms with Crippen molar-refractivity contribution in [2.45, 2.75) is 39.3 Å². The summed E-state index contributed by atoms with van der Waals surface area (Å²) in [6.07, 6.45) is 0.729. The van der Waals surface area contributed by atoms with Gasteiger partial charge in [-0.05, 0) is 80.4 Å². The molecule has 9 heteroatoms. The summed E-state index contributed by atoms with van der Waals surface area (Å²) in [6.45, 7) is 6.82. The fraction of sp³-hybridized carbons (Fsp3) is 0.258. The van der Waals surface area contributed by atoms with Gasteiger partial charge in [-0.3, -0.25) is 14.5 Å². The van der Waals surface area contributed by atoms with E-state index in [1.165, 1.54) is 16.2 Å². The SMILES string of the molecule is CCOc1ccc(C2C(=C(O)c3ccc4c(c3)CC(C)O4)C(=O)C(=O)N2c2nc3ccc(OCC)cc3s2)cc1. The highest BCUT2D eigenvalue weighted by Gasteiger charge is 2.48. The first kappa shape index (κ1) is 25.9. The predicted molar refractivity (Wildman–Crippen MR) is 153 cm³/mol. The van der Waals surface area contributed by atoms with Gasteiger partial charge in [0, 0.05) is 12.0 Å². The number of thiazole rings is 1. The highest BCUT2D eigenvalue weighted by Crippen LogP contribution is 2.45. The van der Waals surface area contributed by atoms with E-state index in [4.69, 9.17) is 19.2 Å². The summed E-state index contributed by atoms with van der Waals surface area (Å²) in [5.41, 5.74) is 2.74. The van der Waals surface area contributed by atoms with E-state index < -0.39 is 17.7 Å². The Morgan fingerprint density at radius 2 is 1.75 bits per heavy atom. The summed E-state index contributed by atoms with van der Waals surface area (Å²) >= 11 is 1.29. The smallest absolute Gasteiger partial charge is 0.301 e.